The molecular formula is C21H19N5O2. The van der Waals surface area contributed by atoms with Gasteiger partial charge in [0, 0.05) is 29.8 Å². The summed E-state index contributed by atoms with van der Waals surface area (Å²) in [5.74, 6) is 0.960. The van der Waals surface area contributed by atoms with Gasteiger partial charge in [-0.2, -0.15) is 5.10 Å². The second-order valence-electron chi connectivity index (χ2n) is 7.19. The third-order valence-corrected chi connectivity index (χ3v) is 5.11. The minimum Gasteiger partial charge on any atom is -0.356 e. The van der Waals surface area contributed by atoms with Crippen molar-refractivity contribution in [3.63, 3.8) is 0 Å². The van der Waals surface area contributed by atoms with Gasteiger partial charge < -0.3 is 9.84 Å². The second-order valence-corrected chi connectivity index (χ2v) is 7.19. The lowest BCUT2D eigenvalue weighted by Crippen LogP contribution is -2.14. The molecule has 0 aliphatic heterocycles. The number of hydrogen-bond donors (Lipinski definition) is 1. The van der Waals surface area contributed by atoms with Gasteiger partial charge in [0.1, 0.15) is 5.69 Å². The van der Waals surface area contributed by atoms with E-state index in [-0.39, 0.29) is 5.91 Å². The fraction of sp³-hybridized carbons (Fsp3) is 0.238. The summed E-state index contributed by atoms with van der Waals surface area (Å²) in [6, 6.07) is 11.2. The molecule has 0 saturated heterocycles. The maximum absolute atomic E-state index is 12.9. The zero-order chi connectivity index (χ0) is 19.3. The first-order chi connectivity index (χ1) is 13.6. The highest BCUT2D eigenvalue weighted by molar-refractivity contribution is 6.04. The monoisotopic (exact) mass is 373 g/mol. The Kier molecular flexibility index (Phi) is 3.75. The van der Waals surface area contributed by atoms with Gasteiger partial charge in [0.15, 0.2) is 11.4 Å². The van der Waals surface area contributed by atoms with Gasteiger partial charge in [0.2, 0.25) is 0 Å². The molecule has 1 fully saturated rings. The van der Waals surface area contributed by atoms with Gasteiger partial charge >= 0.3 is 0 Å². The number of nitrogens with one attached hydrogen (secondary N) is 1. The normalized spacial score (nSPS) is 13.8. The number of amides is 1. The molecule has 4 aromatic rings. The van der Waals surface area contributed by atoms with Crippen molar-refractivity contribution in [1.29, 1.82) is 0 Å². The van der Waals surface area contributed by atoms with Crippen LogP contribution in [0.2, 0.25) is 0 Å². The summed E-state index contributed by atoms with van der Waals surface area (Å²) >= 11 is 0. The van der Waals surface area contributed by atoms with E-state index in [1.807, 2.05) is 44.3 Å². The zero-order valence-corrected chi connectivity index (χ0v) is 15.6. The number of fused-ring (bicyclic) bond motifs is 1. The highest BCUT2D eigenvalue weighted by Crippen LogP contribution is 2.43. The Morgan fingerprint density at radius 2 is 2.00 bits per heavy atom. The number of hydrogen-bond acceptors (Lipinski definition) is 5. The number of benzene rings is 1. The number of aromatic nitrogens is 4. The SMILES string of the molecule is Cc1nn(C)c2nc(C(=O)Nc3ccc(-c4ccno4)cc3)cc(C3CC3)c12. The van der Waals surface area contributed by atoms with E-state index >= 15 is 0 Å². The van der Waals surface area contributed by atoms with E-state index in [1.165, 1.54) is 5.56 Å². The number of pyridine rings is 1. The van der Waals surface area contributed by atoms with Gasteiger partial charge in [-0.15, -0.1) is 0 Å². The Labute approximate surface area is 161 Å². The van der Waals surface area contributed by atoms with Crippen LogP contribution in [0.15, 0.2) is 47.1 Å². The summed E-state index contributed by atoms with van der Waals surface area (Å²) < 4.78 is 6.90. The highest BCUT2D eigenvalue weighted by Gasteiger charge is 2.29. The lowest BCUT2D eigenvalue weighted by Gasteiger charge is -2.09. The molecule has 140 valence electrons. The summed E-state index contributed by atoms with van der Waals surface area (Å²) in [6.45, 7) is 1.99. The molecule has 1 aromatic carbocycles. The van der Waals surface area contributed by atoms with Gasteiger partial charge in [0.05, 0.1) is 11.9 Å². The van der Waals surface area contributed by atoms with Crippen molar-refractivity contribution in [2.45, 2.75) is 25.7 Å². The number of carbonyl (C=O) groups excluding carboxylic acids is 1. The molecule has 1 amide bonds. The molecule has 1 aliphatic rings. The van der Waals surface area contributed by atoms with E-state index in [0.717, 1.165) is 35.1 Å². The molecule has 1 N–H and O–H groups in total. The third kappa shape index (κ3) is 2.85. The topological polar surface area (TPSA) is 85.8 Å². The summed E-state index contributed by atoms with van der Waals surface area (Å²) in [7, 11) is 1.86. The number of anilines is 1. The molecule has 1 aliphatic carbocycles. The molecule has 3 aromatic heterocycles. The number of aryl methyl sites for hydroxylation is 2. The van der Waals surface area contributed by atoms with Gasteiger partial charge in [0.25, 0.3) is 5.91 Å². The molecule has 7 nitrogen and oxygen atoms in total. The molecule has 0 bridgehead atoms. The highest BCUT2D eigenvalue weighted by atomic mass is 16.5. The number of nitrogens with zero attached hydrogens (tertiary/aromatic N) is 4. The first kappa shape index (κ1) is 16.7. The van der Waals surface area contributed by atoms with Crippen LogP contribution in [0.4, 0.5) is 5.69 Å². The minimum atomic E-state index is -0.227. The standard InChI is InChI=1S/C21H19N5O2/c1-12-19-16(13-3-4-13)11-17(24-20(19)26(2)25-12)21(27)23-15-7-5-14(6-8-15)18-9-10-22-28-18/h5-11,13H,3-4H2,1-2H3,(H,23,27). The average Bonchev–Trinajstić information content (AvgIpc) is 3.32. The lowest BCUT2D eigenvalue weighted by molar-refractivity contribution is 0.102. The Bertz CT molecular complexity index is 1170. The van der Waals surface area contributed by atoms with Crippen LogP contribution in [-0.2, 0) is 7.05 Å². The van der Waals surface area contributed by atoms with Crippen molar-refractivity contribution in [3.8, 4) is 11.3 Å². The molecule has 5 rings (SSSR count). The summed E-state index contributed by atoms with van der Waals surface area (Å²) in [4.78, 5) is 17.4. The Balaban J connectivity index is 1.45. The van der Waals surface area contributed by atoms with Crippen LogP contribution >= 0.6 is 0 Å². The van der Waals surface area contributed by atoms with Crippen molar-refractivity contribution >= 4 is 22.6 Å². The van der Waals surface area contributed by atoms with Gasteiger partial charge in [-0.1, -0.05) is 5.16 Å². The zero-order valence-electron chi connectivity index (χ0n) is 15.6. The average molecular weight is 373 g/mol. The van der Waals surface area contributed by atoms with Crippen LogP contribution in [0.3, 0.4) is 0 Å². The Hall–Kier alpha value is -3.48. The second kappa shape index (κ2) is 6.30. The van der Waals surface area contributed by atoms with Gasteiger partial charge in [-0.25, -0.2) is 4.98 Å². The first-order valence-corrected chi connectivity index (χ1v) is 9.27. The molecule has 7 heteroatoms. The van der Waals surface area contributed by atoms with Crippen LogP contribution in [0, 0.1) is 6.92 Å². The van der Waals surface area contributed by atoms with Crippen LogP contribution in [0.5, 0.6) is 0 Å². The molecule has 1 saturated carbocycles. The largest absolute Gasteiger partial charge is 0.356 e. The predicted octanol–water partition coefficient (Wildman–Crippen LogP) is 4.06. The summed E-state index contributed by atoms with van der Waals surface area (Å²) in [5, 5.41) is 12.2. The molecule has 28 heavy (non-hydrogen) atoms. The maximum atomic E-state index is 12.9. The van der Waals surface area contributed by atoms with Crippen LogP contribution < -0.4 is 5.32 Å². The lowest BCUT2D eigenvalue weighted by atomic mass is 10.0. The van der Waals surface area contributed by atoms with E-state index in [0.29, 0.717) is 23.1 Å². The fourth-order valence-corrected chi connectivity index (χ4v) is 3.59. The molecule has 0 unspecified atom stereocenters. The van der Waals surface area contributed by atoms with Crippen molar-refractivity contribution in [3.05, 3.63) is 59.5 Å². The van der Waals surface area contributed by atoms with Crippen LogP contribution in [0.1, 0.15) is 40.5 Å². The molecule has 3 heterocycles. The molecule has 0 atom stereocenters. The van der Waals surface area contributed by atoms with E-state index in [1.54, 1.807) is 16.9 Å². The minimum absolute atomic E-state index is 0.227. The van der Waals surface area contributed by atoms with E-state index < -0.39 is 0 Å². The van der Waals surface area contributed by atoms with Crippen molar-refractivity contribution in [1.82, 2.24) is 19.9 Å². The Morgan fingerprint density at radius 3 is 2.68 bits per heavy atom. The van der Waals surface area contributed by atoms with E-state index in [2.05, 4.69) is 20.6 Å². The third-order valence-electron chi connectivity index (χ3n) is 5.11. The molecule has 0 spiro atoms. The van der Waals surface area contributed by atoms with E-state index in [9.17, 15) is 4.79 Å². The fourth-order valence-electron chi connectivity index (χ4n) is 3.59. The first-order valence-electron chi connectivity index (χ1n) is 9.27. The van der Waals surface area contributed by atoms with Crippen LogP contribution in [-0.4, -0.2) is 25.8 Å². The van der Waals surface area contributed by atoms with Crippen molar-refractivity contribution in [2.75, 3.05) is 5.32 Å². The summed E-state index contributed by atoms with van der Waals surface area (Å²) in [5.41, 5.74) is 4.91. The van der Waals surface area contributed by atoms with Crippen molar-refractivity contribution in [2.24, 2.45) is 7.05 Å². The van der Waals surface area contributed by atoms with Crippen LogP contribution in [0.25, 0.3) is 22.4 Å². The Morgan fingerprint density at radius 1 is 1.21 bits per heavy atom. The van der Waals surface area contributed by atoms with E-state index in [4.69, 9.17) is 4.52 Å². The number of rotatable bonds is 4. The maximum Gasteiger partial charge on any atom is 0.274 e. The predicted molar refractivity (Wildman–Crippen MR) is 105 cm³/mol. The molecule has 0 radical (unpaired) electrons. The molecular weight excluding hydrogens is 354 g/mol. The number of carbonyl (C=O) groups is 1. The quantitative estimate of drug-likeness (QED) is 0.583. The van der Waals surface area contributed by atoms with Crippen molar-refractivity contribution < 1.29 is 9.32 Å². The van der Waals surface area contributed by atoms with Gasteiger partial charge in [-0.05, 0) is 61.6 Å². The summed E-state index contributed by atoms with van der Waals surface area (Å²) in [6.07, 6.45) is 3.90. The van der Waals surface area contributed by atoms with Gasteiger partial charge in [-0.3, -0.25) is 9.48 Å². The smallest absolute Gasteiger partial charge is 0.274 e.